The van der Waals surface area contributed by atoms with Crippen LogP contribution in [0.15, 0.2) is 48.5 Å². The van der Waals surface area contributed by atoms with E-state index in [1.807, 2.05) is 24.3 Å². The maximum absolute atomic E-state index is 12.5. The third-order valence-corrected chi connectivity index (χ3v) is 6.42. The van der Waals surface area contributed by atoms with Crippen LogP contribution in [-0.2, 0) is 14.3 Å². The fourth-order valence-electron chi connectivity index (χ4n) is 4.85. The van der Waals surface area contributed by atoms with E-state index < -0.39 is 18.1 Å². The van der Waals surface area contributed by atoms with Crippen LogP contribution in [0.2, 0.25) is 0 Å². The molecule has 2 unspecified atom stereocenters. The highest BCUT2D eigenvalue weighted by Gasteiger charge is 2.31. The van der Waals surface area contributed by atoms with Crippen molar-refractivity contribution in [2.45, 2.75) is 50.6 Å². The molecule has 2 aliphatic rings. The van der Waals surface area contributed by atoms with Gasteiger partial charge in [-0.1, -0.05) is 48.5 Å². The van der Waals surface area contributed by atoms with E-state index in [0.717, 1.165) is 35.1 Å². The maximum Gasteiger partial charge on any atom is 0.407 e. The van der Waals surface area contributed by atoms with E-state index in [1.54, 1.807) is 6.92 Å². The number of amides is 2. The number of fused-ring (bicyclic) bond motifs is 3. The molecule has 2 amide bonds. The lowest BCUT2D eigenvalue weighted by atomic mass is 9.98. The highest BCUT2D eigenvalue weighted by Crippen LogP contribution is 2.44. The molecule has 0 aromatic heterocycles. The molecule has 0 heterocycles. The summed E-state index contributed by atoms with van der Waals surface area (Å²) in [6.07, 6.45) is 1.67. The van der Waals surface area contributed by atoms with E-state index in [0.29, 0.717) is 6.42 Å². The third kappa shape index (κ3) is 4.77. The molecule has 0 spiro atoms. The van der Waals surface area contributed by atoms with E-state index in [1.165, 1.54) is 0 Å². The monoisotopic (exact) mass is 436 g/mol. The van der Waals surface area contributed by atoms with Gasteiger partial charge in [0.25, 0.3) is 0 Å². The Morgan fingerprint density at radius 1 is 1.03 bits per heavy atom. The molecule has 4 rings (SSSR count). The van der Waals surface area contributed by atoms with Gasteiger partial charge in [0.05, 0.1) is 0 Å². The topological polar surface area (TPSA) is 105 Å². The minimum absolute atomic E-state index is 0.0399. The van der Waals surface area contributed by atoms with Crippen molar-refractivity contribution >= 4 is 18.0 Å². The summed E-state index contributed by atoms with van der Waals surface area (Å²) in [5.41, 5.74) is 4.57. The van der Waals surface area contributed by atoms with Crippen molar-refractivity contribution in [3.63, 3.8) is 0 Å². The van der Waals surface area contributed by atoms with E-state index in [-0.39, 0.29) is 36.8 Å². The van der Waals surface area contributed by atoms with E-state index >= 15 is 0 Å². The quantitative estimate of drug-likeness (QED) is 0.614. The highest BCUT2D eigenvalue weighted by molar-refractivity contribution is 5.85. The van der Waals surface area contributed by atoms with Crippen LogP contribution in [0.5, 0.6) is 0 Å². The van der Waals surface area contributed by atoms with Gasteiger partial charge in [0.15, 0.2) is 0 Å². The largest absolute Gasteiger partial charge is 0.481 e. The first-order chi connectivity index (χ1) is 15.4. The molecule has 2 aliphatic carbocycles. The Morgan fingerprint density at radius 3 is 2.28 bits per heavy atom. The molecule has 3 atom stereocenters. The van der Waals surface area contributed by atoms with E-state index in [9.17, 15) is 14.4 Å². The van der Waals surface area contributed by atoms with Crippen molar-refractivity contribution in [3.8, 4) is 11.1 Å². The smallest absolute Gasteiger partial charge is 0.407 e. The number of nitrogens with one attached hydrogen (secondary N) is 2. The van der Waals surface area contributed by atoms with Crippen molar-refractivity contribution in [1.82, 2.24) is 10.6 Å². The Kier molecular flexibility index (Phi) is 6.44. The number of hydrogen-bond donors (Lipinski definition) is 3. The van der Waals surface area contributed by atoms with Crippen molar-refractivity contribution in [2.75, 3.05) is 6.61 Å². The number of rotatable bonds is 7. The number of benzene rings is 2. The van der Waals surface area contributed by atoms with Crippen LogP contribution in [0.3, 0.4) is 0 Å². The molecular formula is C25H28N2O5. The first kappa shape index (κ1) is 21.9. The van der Waals surface area contributed by atoms with Crippen LogP contribution in [0.25, 0.3) is 11.1 Å². The van der Waals surface area contributed by atoms with Crippen LogP contribution in [0.1, 0.15) is 49.7 Å². The number of alkyl carbamates (subject to hydrolysis) is 1. The summed E-state index contributed by atoms with van der Waals surface area (Å²) in [6, 6.07) is 15.4. The summed E-state index contributed by atoms with van der Waals surface area (Å²) in [4.78, 5) is 35.7. The Labute approximate surface area is 187 Å². The lowest BCUT2D eigenvalue weighted by Gasteiger charge is -2.19. The first-order valence-corrected chi connectivity index (χ1v) is 11.1. The van der Waals surface area contributed by atoms with Gasteiger partial charge < -0.3 is 20.5 Å². The summed E-state index contributed by atoms with van der Waals surface area (Å²) in [5, 5.41) is 14.4. The molecule has 1 fully saturated rings. The number of carbonyl (C=O) groups excluding carboxylic acids is 2. The lowest BCUT2D eigenvalue weighted by Crippen LogP contribution is -2.47. The first-order valence-electron chi connectivity index (χ1n) is 11.1. The van der Waals surface area contributed by atoms with Crippen molar-refractivity contribution < 1.29 is 24.2 Å². The molecule has 0 radical (unpaired) electrons. The van der Waals surface area contributed by atoms with Crippen LogP contribution < -0.4 is 10.6 Å². The Bertz CT molecular complexity index is 975. The zero-order valence-electron chi connectivity index (χ0n) is 18.0. The van der Waals surface area contributed by atoms with Crippen LogP contribution in [0.4, 0.5) is 4.79 Å². The fraction of sp³-hybridized carbons (Fsp3) is 0.400. The molecular weight excluding hydrogens is 408 g/mol. The SMILES string of the molecule is C[C@H](NC(=O)OCC1c2ccccc2-c2ccccc21)C(=O)NC1CCC(CC(=O)O)C1. The second-order valence-corrected chi connectivity index (χ2v) is 8.67. The zero-order chi connectivity index (χ0) is 22.7. The van der Waals surface area contributed by atoms with Crippen LogP contribution in [0, 0.1) is 5.92 Å². The number of carboxylic acid groups (broad SMARTS) is 1. The number of aliphatic carboxylic acids is 1. The van der Waals surface area contributed by atoms with Gasteiger partial charge in [-0.2, -0.15) is 0 Å². The molecule has 32 heavy (non-hydrogen) atoms. The average molecular weight is 437 g/mol. The normalized spacial score (nSPS) is 20.2. The highest BCUT2D eigenvalue weighted by atomic mass is 16.5. The average Bonchev–Trinajstić information content (AvgIpc) is 3.33. The Hall–Kier alpha value is -3.35. The lowest BCUT2D eigenvalue weighted by molar-refractivity contribution is -0.138. The van der Waals surface area contributed by atoms with E-state index in [4.69, 9.17) is 9.84 Å². The summed E-state index contributed by atoms with van der Waals surface area (Å²) in [6.45, 7) is 1.80. The van der Waals surface area contributed by atoms with Gasteiger partial charge in [-0.25, -0.2) is 4.79 Å². The van der Waals surface area contributed by atoms with Gasteiger partial charge in [-0.3, -0.25) is 9.59 Å². The molecule has 0 aliphatic heterocycles. The molecule has 2 aromatic rings. The molecule has 0 bridgehead atoms. The molecule has 3 N–H and O–H groups in total. The minimum atomic E-state index is -0.813. The molecule has 7 nitrogen and oxygen atoms in total. The number of carbonyl (C=O) groups is 3. The maximum atomic E-state index is 12.5. The minimum Gasteiger partial charge on any atom is -0.481 e. The molecule has 2 aromatic carbocycles. The number of ether oxygens (including phenoxy) is 1. The predicted octanol–water partition coefficient (Wildman–Crippen LogP) is 3.67. The van der Waals surface area contributed by atoms with Crippen molar-refractivity contribution in [1.29, 1.82) is 0 Å². The summed E-state index contributed by atoms with van der Waals surface area (Å²) in [7, 11) is 0. The van der Waals surface area contributed by atoms with Gasteiger partial charge in [0.1, 0.15) is 12.6 Å². The second-order valence-electron chi connectivity index (χ2n) is 8.67. The molecule has 1 saturated carbocycles. The number of carboxylic acids is 1. The summed E-state index contributed by atoms with van der Waals surface area (Å²) >= 11 is 0. The molecule has 168 valence electrons. The molecule has 7 heteroatoms. The second kappa shape index (κ2) is 9.42. The van der Waals surface area contributed by atoms with Gasteiger partial charge in [0, 0.05) is 18.4 Å². The van der Waals surface area contributed by atoms with Crippen molar-refractivity contribution in [2.24, 2.45) is 5.92 Å². The number of hydrogen-bond acceptors (Lipinski definition) is 4. The molecule has 0 saturated heterocycles. The predicted molar refractivity (Wildman–Crippen MR) is 119 cm³/mol. The van der Waals surface area contributed by atoms with Gasteiger partial charge in [-0.05, 0) is 54.4 Å². The van der Waals surface area contributed by atoms with Crippen LogP contribution >= 0.6 is 0 Å². The fourth-order valence-corrected chi connectivity index (χ4v) is 4.85. The summed E-state index contributed by atoms with van der Waals surface area (Å²) in [5.74, 6) is -1.06. The zero-order valence-corrected chi connectivity index (χ0v) is 18.0. The Morgan fingerprint density at radius 2 is 1.66 bits per heavy atom. The standard InChI is InChI=1S/C25H28N2O5/c1-15(24(30)27-17-11-10-16(12-17)13-23(28)29)26-25(31)32-14-22-20-8-4-2-6-18(20)19-7-3-5-9-21(19)22/h2-9,15-17,22H,10-14H2,1H3,(H,26,31)(H,27,30)(H,28,29)/t15-,16?,17?/m0/s1. The van der Waals surface area contributed by atoms with Gasteiger partial charge in [0.2, 0.25) is 5.91 Å². The summed E-state index contributed by atoms with van der Waals surface area (Å²) < 4.78 is 5.50. The van der Waals surface area contributed by atoms with Crippen molar-refractivity contribution in [3.05, 3.63) is 59.7 Å². The van der Waals surface area contributed by atoms with Crippen LogP contribution in [-0.4, -0.2) is 41.8 Å². The van der Waals surface area contributed by atoms with E-state index in [2.05, 4.69) is 34.9 Å². The van der Waals surface area contributed by atoms with Gasteiger partial charge in [-0.15, -0.1) is 0 Å². The third-order valence-electron chi connectivity index (χ3n) is 6.42. The van der Waals surface area contributed by atoms with Gasteiger partial charge >= 0.3 is 12.1 Å². The Balaban J connectivity index is 1.28.